The molecule has 0 bridgehead atoms. The molecule has 0 spiro atoms. The molecule has 3 aromatic heterocycles. The van der Waals surface area contributed by atoms with E-state index in [0.717, 1.165) is 65.5 Å². The number of fused-ring (bicyclic) bond motifs is 3. The van der Waals surface area contributed by atoms with Gasteiger partial charge in [0.05, 0.1) is 11.7 Å². The van der Waals surface area contributed by atoms with Gasteiger partial charge in [0.25, 0.3) is 0 Å². The largest absolute Gasteiger partial charge is 0.376 e. The molecule has 2 fully saturated rings. The standard InChI is InChI=1S/C27H28N8O2/c1-4-34-24(17-12-28-15(2)29-13-17)33-23-22(30-14-31-25(23)34)16-5-6-19-18(11-16)27(3,26(36)32-19)35-9-7-21-20(35)8-10-37-21/h5-6,11-14,20-21H,4,7-10H2,1-3H3,(H,32,36)/t20?,21-,27?/m1/s1. The number of hydrogen-bond acceptors (Lipinski definition) is 8. The Bertz CT molecular complexity index is 1550. The van der Waals surface area contributed by atoms with Crippen LogP contribution >= 0.6 is 0 Å². The van der Waals surface area contributed by atoms with E-state index in [-0.39, 0.29) is 18.1 Å². The number of imidazole rings is 1. The molecule has 3 aliphatic heterocycles. The number of nitrogens with one attached hydrogen (secondary N) is 1. The lowest BCUT2D eigenvalue weighted by atomic mass is 9.88. The molecule has 6 heterocycles. The highest BCUT2D eigenvalue weighted by atomic mass is 16.5. The van der Waals surface area contributed by atoms with Crippen LogP contribution in [0.2, 0.25) is 0 Å². The van der Waals surface area contributed by atoms with Crippen molar-refractivity contribution in [1.82, 2.24) is 34.4 Å². The highest BCUT2D eigenvalue weighted by molar-refractivity contribution is 6.06. The van der Waals surface area contributed by atoms with Gasteiger partial charge in [-0.25, -0.2) is 24.9 Å². The van der Waals surface area contributed by atoms with Gasteiger partial charge in [0, 0.05) is 54.9 Å². The molecule has 0 aliphatic carbocycles. The molecule has 37 heavy (non-hydrogen) atoms. The number of carbonyl (C=O) groups excluding carboxylic acids is 1. The van der Waals surface area contributed by atoms with Gasteiger partial charge >= 0.3 is 0 Å². The highest BCUT2D eigenvalue weighted by Crippen LogP contribution is 2.47. The van der Waals surface area contributed by atoms with Gasteiger partial charge < -0.3 is 14.6 Å². The predicted octanol–water partition coefficient (Wildman–Crippen LogP) is 3.31. The van der Waals surface area contributed by atoms with Gasteiger partial charge in [0.1, 0.15) is 34.7 Å². The number of rotatable bonds is 4. The number of carbonyl (C=O) groups is 1. The van der Waals surface area contributed by atoms with E-state index in [4.69, 9.17) is 9.72 Å². The van der Waals surface area contributed by atoms with Gasteiger partial charge in [-0.3, -0.25) is 9.69 Å². The summed E-state index contributed by atoms with van der Waals surface area (Å²) < 4.78 is 7.99. The Labute approximate surface area is 214 Å². The third-order valence-corrected chi connectivity index (χ3v) is 8.20. The zero-order valence-electron chi connectivity index (χ0n) is 21.1. The van der Waals surface area contributed by atoms with Crippen molar-refractivity contribution in [2.24, 2.45) is 0 Å². The van der Waals surface area contributed by atoms with Gasteiger partial charge in [0.15, 0.2) is 5.65 Å². The highest BCUT2D eigenvalue weighted by Gasteiger charge is 2.54. The van der Waals surface area contributed by atoms with Crippen LogP contribution in [-0.4, -0.2) is 65.6 Å². The first kappa shape index (κ1) is 22.4. The third kappa shape index (κ3) is 3.18. The van der Waals surface area contributed by atoms with Crippen molar-refractivity contribution in [3.8, 4) is 22.6 Å². The van der Waals surface area contributed by atoms with Gasteiger partial charge in [-0.05, 0) is 45.7 Å². The van der Waals surface area contributed by atoms with E-state index in [2.05, 4.69) is 47.7 Å². The molecule has 10 nitrogen and oxygen atoms in total. The van der Waals surface area contributed by atoms with Crippen molar-refractivity contribution in [3.63, 3.8) is 0 Å². The molecule has 7 rings (SSSR count). The van der Waals surface area contributed by atoms with E-state index in [1.807, 2.05) is 26.0 Å². The predicted molar refractivity (Wildman–Crippen MR) is 138 cm³/mol. The van der Waals surface area contributed by atoms with Crippen LogP contribution in [0.5, 0.6) is 0 Å². The van der Waals surface area contributed by atoms with Crippen molar-refractivity contribution in [1.29, 1.82) is 0 Å². The van der Waals surface area contributed by atoms with Crippen molar-refractivity contribution >= 4 is 22.8 Å². The second-order valence-corrected chi connectivity index (χ2v) is 10.1. The summed E-state index contributed by atoms with van der Waals surface area (Å²) in [6.07, 6.45) is 7.27. The number of anilines is 1. The van der Waals surface area contributed by atoms with Crippen molar-refractivity contribution in [2.45, 2.75) is 57.8 Å². The van der Waals surface area contributed by atoms with Gasteiger partial charge in [-0.2, -0.15) is 0 Å². The minimum absolute atomic E-state index is 0.0111. The molecule has 3 aliphatic rings. The van der Waals surface area contributed by atoms with E-state index < -0.39 is 5.54 Å². The smallest absolute Gasteiger partial charge is 0.249 e. The van der Waals surface area contributed by atoms with Crippen LogP contribution in [0.1, 0.15) is 38.1 Å². The summed E-state index contributed by atoms with van der Waals surface area (Å²) >= 11 is 0. The Morgan fingerprint density at radius 2 is 1.97 bits per heavy atom. The Morgan fingerprint density at radius 1 is 1.14 bits per heavy atom. The zero-order valence-corrected chi connectivity index (χ0v) is 21.1. The van der Waals surface area contributed by atoms with E-state index in [9.17, 15) is 4.79 Å². The molecule has 2 saturated heterocycles. The topological polar surface area (TPSA) is 111 Å². The Kier molecular flexibility index (Phi) is 4.93. The fraction of sp³-hybridized carbons (Fsp3) is 0.407. The van der Waals surface area contributed by atoms with Crippen molar-refractivity contribution in [3.05, 3.63) is 48.3 Å². The first-order chi connectivity index (χ1) is 18.0. The minimum Gasteiger partial charge on any atom is -0.376 e. The summed E-state index contributed by atoms with van der Waals surface area (Å²) in [7, 11) is 0. The monoisotopic (exact) mass is 496 g/mol. The van der Waals surface area contributed by atoms with Gasteiger partial charge in [0.2, 0.25) is 5.91 Å². The summed E-state index contributed by atoms with van der Waals surface area (Å²) in [5, 5.41) is 3.12. The summed E-state index contributed by atoms with van der Waals surface area (Å²) in [5.74, 6) is 1.48. The van der Waals surface area contributed by atoms with Crippen LogP contribution in [0, 0.1) is 6.92 Å². The molecule has 0 saturated carbocycles. The molecule has 2 unspecified atom stereocenters. The van der Waals surface area contributed by atoms with E-state index in [1.165, 1.54) is 0 Å². The number of amides is 1. The first-order valence-corrected chi connectivity index (χ1v) is 12.8. The fourth-order valence-electron chi connectivity index (χ4n) is 6.29. The average molecular weight is 497 g/mol. The van der Waals surface area contributed by atoms with Crippen molar-refractivity contribution < 1.29 is 9.53 Å². The molecule has 1 aromatic carbocycles. The average Bonchev–Trinajstić information content (AvgIpc) is 3.66. The second-order valence-electron chi connectivity index (χ2n) is 10.1. The summed E-state index contributed by atoms with van der Waals surface area (Å²) in [6.45, 7) is 8.24. The van der Waals surface area contributed by atoms with Gasteiger partial charge in [-0.15, -0.1) is 0 Å². The van der Waals surface area contributed by atoms with Crippen LogP contribution in [0.3, 0.4) is 0 Å². The number of nitrogens with zero attached hydrogens (tertiary/aromatic N) is 7. The lowest BCUT2D eigenvalue weighted by Crippen LogP contribution is -2.51. The number of ether oxygens (including phenoxy) is 1. The molecular weight excluding hydrogens is 468 g/mol. The summed E-state index contributed by atoms with van der Waals surface area (Å²) in [4.78, 5) is 38.7. The zero-order chi connectivity index (χ0) is 25.3. The van der Waals surface area contributed by atoms with Gasteiger partial charge in [-0.1, -0.05) is 6.07 Å². The van der Waals surface area contributed by atoms with Crippen molar-refractivity contribution in [2.75, 3.05) is 18.5 Å². The van der Waals surface area contributed by atoms with Crippen LogP contribution in [-0.2, 0) is 21.6 Å². The lowest BCUT2D eigenvalue weighted by Gasteiger charge is -2.37. The number of aromatic nitrogens is 6. The molecule has 4 aromatic rings. The maximum Gasteiger partial charge on any atom is 0.249 e. The maximum atomic E-state index is 13.4. The molecule has 0 radical (unpaired) electrons. The third-order valence-electron chi connectivity index (χ3n) is 8.20. The fourth-order valence-corrected chi connectivity index (χ4v) is 6.29. The van der Waals surface area contributed by atoms with Crippen LogP contribution in [0.25, 0.3) is 33.8 Å². The number of benzene rings is 1. The van der Waals surface area contributed by atoms with E-state index in [1.54, 1.807) is 18.7 Å². The Balaban J connectivity index is 1.36. The Morgan fingerprint density at radius 3 is 2.78 bits per heavy atom. The Hall–Kier alpha value is -3.76. The molecular formula is C27H28N8O2. The van der Waals surface area contributed by atoms with Crippen LogP contribution in [0.15, 0.2) is 36.9 Å². The lowest BCUT2D eigenvalue weighted by molar-refractivity contribution is -0.127. The molecule has 188 valence electrons. The SMILES string of the molecule is CCn1c(-c2cnc(C)nc2)nc2c(-c3ccc4c(c3)C(C)(N3CC[C@H]5OCCC53)C(=O)N4)ncnc21. The second kappa shape index (κ2) is 8.12. The first-order valence-electron chi connectivity index (χ1n) is 12.8. The summed E-state index contributed by atoms with van der Waals surface area (Å²) in [6, 6.07) is 6.33. The molecule has 3 atom stereocenters. The maximum absolute atomic E-state index is 13.4. The molecule has 1 amide bonds. The van der Waals surface area contributed by atoms with E-state index >= 15 is 0 Å². The summed E-state index contributed by atoms with van der Waals surface area (Å²) in [5.41, 5.74) is 4.99. The minimum atomic E-state index is -0.766. The normalized spacial score (nSPS) is 25.0. The quantitative estimate of drug-likeness (QED) is 0.458. The molecule has 1 N–H and O–H groups in total. The van der Waals surface area contributed by atoms with E-state index in [0.29, 0.717) is 17.9 Å². The number of hydrogen-bond donors (Lipinski definition) is 1. The number of aryl methyl sites for hydroxylation is 2. The molecule has 10 heteroatoms. The number of likely N-dealkylation sites (tertiary alicyclic amines) is 1. The van der Waals surface area contributed by atoms with Crippen LogP contribution in [0.4, 0.5) is 5.69 Å². The van der Waals surface area contributed by atoms with Crippen LogP contribution < -0.4 is 5.32 Å².